The van der Waals surface area contributed by atoms with Crippen LogP contribution in [0.4, 0.5) is 32.0 Å². The summed E-state index contributed by atoms with van der Waals surface area (Å²) in [5.74, 6) is -3.40. The number of ether oxygens (including phenoxy) is 2. The van der Waals surface area contributed by atoms with Crippen molar-refractivity contribution in [3.63, 3.8) is 0 Å². The summed E-state index contributed by atoms with van der Waals surface area (Å²) >= 11 is 0. The lowest BCUT2D eigenvalue weighted by atomic mass is 9.93. The molecule has 0 bridgehead atoms. The molecular formula is C28H25F6N3O5. The number of benzene rings is 2. The summed E-state index contributed by atoms with van der Waals surface area (Å²) in [6.45, 7) is -2.55. The Hall–Kier alpha value is -4.49. The summed E-state index contributed by atoms with van der Waals surface area (Å²) in [4.78, 5) is 41.1. The molecule has 1 saturated heterocycles. The van der Waals surface area contributed by atoms with E-state index in [2.05, 4.69) is 10.1 Å². The van der Waals surface area contributed by atoms with Crippen molar-refractivity contribution in [2.75, 3.05) is 18.6 Å². The summed E-state index contributed by atoms with van der Waals surface area (Å²) in [7, 11) is 1.33. The third kappa shape index (κ3) is 6.69. The molecule has 1 fully saturated rings. The average Bonchev–Trinajstić information content (AvgIpc) is 3.22. The summed E-state index contributed by atoms with van der Waals surface area (Å²) in [6.07, 6.45) is -4.61. The Morgan fingerprint density at radius 2 is 1.74 bits per heavy atom. The predicted octanol–water partition coefficient (Wildman–Crippen LogP) is 4.79. The number of pyridine rings is 1. The number of anilines is 1. The molecule has 2 atom stereocenters. The SMILES string of the molecule is COc1ccc([C@@H]2CN(c3c(C)ccn(CCC(F)(F)F)c3=O)C(=O)C2NC(=O)c2ccc(OC(F)F)cc2)c(F)c1. The number of nitrogens with one attached hydrogen (secondary N) is 1. The third-order valence-electron chi connectivity index (χ3n) is 6.80. The molecule has 1 aliphatic heterocycles. The van der Waals surface area contributed by atoms with Crippen molar-refractivity contribution in [3.8, 4) is 11.5 Å². The Balaban J connectivity index is 1.70. The number of carbonyl (C=O) groups excluding carboxylic acids is 2. The number of amides is 2. The van der Waals surface area contributed by atoms with Crippen LogP contribution in [-0.2, 0) is 11.3 Å². The molecule has 14 heteroatoms. The Bertz CT molecular complexity index is 1520. The molecule has 2 aromatic carbocycles. The molecule has 2 heterocycles. The number of carbonyl (C=O) groups is 2. The van der Waals surface area contributed by atoms with Crippen LogP contribution in [-0.4, -0.2) is 48.9 Å². The first-order chi connectivity index (χ1) is 19.8. The number of hydrogen-bond acceptors (Lipinski definition) is 5. The van der Waals surface area contributed by atoms with Crippen LogP contribution in [0.5, 0.6) is 11.5 Å². The largest absolute Gasteiger partial charge is 0.497 e. The minimum Gasteiger partial charge on any atom is -0.497 e. The normalized spacial score (nSPS) is 17.1. The fourth-order valence-corrected chi connectivity index (χ4v) is 4.73. The van der Waals surface area contributed by atoms with E-state index >= 15 is 4.39 Å². The second-order valence-electron chi connectivity index (χ2n) is 9.51. The number of nitrogens with zero attached hydrogens (tertiary/aromatic N) is 2. The number of halogens is 6. The summed E-state index contributed by atoms with van der Waals surface area (Å²) in [5, 5.41) is 2.53. The van der Waals surface area contributed by atoms with E-state index in [4.69, 9.17) is 4.74 Å². The van der Waals surface area contributed by atoms with Gasteiger partial charge in [0, 0.05) is 36.8 Å². The van der Waals surface area contributed by atoms with E-state index in [0.717, 1.165) is 27.7 Å². The standard InChI is InChI=1S/C28H25F6N3O5/c1-15-9-11-36(12-10-28(32,33)34)26(40)23(15)37-14-20(19-8-7-18(41-2)13-21(19)29)22(25(37)39)35-24(38)16-3-5-17(6-4-16)42-27(30)31/h3-9,11,13,20,22,27H,10,12,14H2,1-2H3,(H,35,38)/t20-,22?/m0/s1. The highest BCUT2D eigenvalue weighted by Gasteiger charge is 2.45. The van der Waals surface area contributed by atoms with E-state index in [0.29, 0.717) is 0 Å². The minimum absolute atomic E-state index is 0.0172. The zero-order valence-electron chi connectivity index (χ0n) is 22.3. The van der Waals surface area contributed by atoms with Gasteiger partial charge < -0.3 is 24.3 Å². The molecule has 1 aliphatic rings. The minimum atomic E-state index is -4.52. The van der Waals surface area contributed by atoms with Gasteiger partial charge in [-0.2, -0.15) is 22.0 Å². The van der Waals surface area contributed by atoms with E-state index in [1.807, 2.05) is 0 Å². The molecule has 224 valence electrons. The van der Waals surface area contributed by atoms with Gasteiger partial charge in [-0.25, -0.2) is 4.39 Å². The Morgan fingerprint density at radius 1 is 1.07 bits per heavy atom. The van der Waals surface area contributed by atoms with Crippen molar-refractivity contribution in [1.29, 1.82) is 0 Å². The highest BCUT2D eigenvalue weighted by atomic mass is 19.4. The molecule has 1 unspecified atom stereocenters. The number of aryl methyl sites for hydroxylation is 2. The van der Waals surface area contributed by atoms with Crippen LogP contribution >= 0.6 is 0 Å². The maximum Gasteiger partial charge on any atom is 0.390 e. The van der Waals surface area contributed by atoms with Gasteiger partial charge in [0.15, 0.2) is 0 Å². The quantitative estimate of drug-likeness (QED) is 0.359. The number of methoxy groups -OCH3 is 1. The van der Waals surface area contributed by atoms with E-state index < -0.39 is 60.9 Å². The fourth-order valence-electron chi connectivity index (χ4n) is 4.73. The first-order valence-electron chi connectivity index (χ1n) is 12.6. The molecule has 0 radical (unpaired) electrons. The topological polar surface area (TPSA) is 89.9 Å². The molecule has 1 N–H and O–H groups in total. The summed E-state index contributed by atoms with van der Waals surface area (Å²) in [5.41, 5.74) is -0.782. The van der Waals surface area contributed by atoms with Gasteiger partial charge in [-0.3, -0.25) is 14.4 Å². The second-order valence-corrected chi connectivity index (χ2v) is 9.51. The Kier molecular flexibility index (Phi) is 8.83. The highest BCUT2D eigenvalue weighted by molar-refractivity contribution is 6.05. The molecule has 4 rings (SSSR count). The van der Waals surface area contributed by atoms with Crippen molar-refractivity contribution in [3.05, 3.63) is 87.6 Å². The molecule has 2 amide bonds. The van der Waals surface area contributed by atoms with Crippen LogP contribution in [0.25, 0.3) is 0 Å². The number of alkyl halides is 5. The molecule has 0 spiro atoms. The monoisotopic (exact) mass is 597 g/mol. The van der Waals surface area contributed by atoms with Crippen LogP contribution in [0.15, 0.2) is 59.5 Å². The zero-order valence-corrected chi connectivity index (χ0v) is 22.3. The first kappa shape index (κ1) is 30.5. The number of aromatic nitrogens is 1. The maximum absolute atomic E-state index is 15.2. The average molecular weight is 598 g/mol. The molecule has 8 nitrogen and oxygen atoms in total. The van der Waals surface area contributed by atoms with Gasteiger partial charge in [0.2, 0.25) is 5.91 Å². The molecule has 1 aromatic heterocycles. The van der Waals surface area contributed by atoms with Gasteiger partial charge >= 0.3 is 12.8 Å². The van der Waals surface area contributed by atoms with Gasteiger partial charge in [-0.05, 0) is 54.4 Å². The third-order valence-corrected chi connectivity index (χ3v) is 6.80. The van der Waals surface area contributed by atoms with Crippen LogP contribution in [0, 0.1) is 12.7 Å². The van der Waals surface area contributed by atoms with Gasteiger partial charge in [-0.1, -0.05) is 6.07 Å². The predicted molar refractivity (Wildman–Crippen MR) is 138 cm³/mol. The summed E-state index contributed by atoms with van der Waals surface area (Å²) in [6, 6.07) is 8.51. The second kappa shape index (κ2) is 12.2. The van der Waals surface area contributed by atoms with E-state index in [1.165, 1.54) is 50.6 Å². The van der Waals surface area contributed by atoms with E-state index in [1.54, 1.807) is 0 Å². The fraction of sp³-hybridized carbons (Fsp3) is 0.321. The zero-order chi connectivity index (χ0) is 30.8. The van der Waals surface area contributed by atoms with Gasteiger partial charge in [0.05, 0.1) is 13.5 Å². The van der Waals surface area contributed by atoms with Crippen molar-refractivity contribution >= 4 is 17.5 Å². The van der Waals surface area contributed by atoms with Crippen molar-refractivity contribution in [1.82, 2.24) is 9.88 Å². The molecule has 0 saturated carbocycles. The smallest absolute Gasteiger partial charge is 0.390 e. The lowest BCUT2D eigenvalue weighted by Gasteiger charge is -2.20. The molecule has 3 aromatic rings. The number of rotatable bonds is 9. The van der Waals surface area contributed by atoms with Crippen molar-refractivity contribution in [2.24, 2.45) is 0 Å². The van der Waals surface area contributed by atoms with E-state index in [9.17, 15) is 36.3 Å². The van der Waals surface area contributed by atoms with Crippen LogP contribution in [0.3, 0.4) is 0 Å². The number of hydrogen-bond donors (Lipinski definition) is 1. The van der Waals surface area contributed by atoms with Gasteiger partial charge in [0.25, 0.3) is 11.5 Å². The Labute approximate surface area is 235 Å². The van der Waals surface area contributed by atoms with E-state index in [-0.39, 0.29) is 40.4 Å². The lowest BCUT2D eigenvalue weighted by Crippen LogP contribution is -2.44. The highest BCUT2D eigenvalue weighted by Crippen LogP contribution is 2.35. The molecule has 42 heavy (non-hydrogen) atoms. The maximum atomic E-state index is 15.2. The van der Waals surface area contributed by atoms with Crippen molar-refractivity contribution in [2.45, 2.75) is 44.6 Å². The van der Waals surface area contributed by atoms with Gasteiger partial charge in [0.1, 0.15) is 29.0 Å². The Morgan fingerprint density at radius 3 is 2.33 bits per heavy atom. The van der Waals surface area contributed by atoms with Crippen LogP contribution in [0.1, 0.15) is 33.8 Å². The summed E-state index contributed by atoms with van der Waals surface area (Å²) < 4.78 is 88.8. The molecular weight excluding hydrogens is 572 g/mol. The van der Waals surface area contributed by atoms with Gasteiger partial charge in [-0.15, -0.1) is 0 Å². The van der Waals surface area contributed by atoms with Crippen LogP contribution in [0.2, 0.25) is 0 Å². The van der Waals surface area contributed by atoms with Crippen LogP contribution < -0.4 is 25.2 Å². The molecule has 0 aliphatic carbocycles. The lowest BCUT2D eigenvalue weighted by molar-refractivity contribution is -0.136. The van der Waals surface area contributed by atoms with Crippen molar-refractivity contribution < 1.29 is 45.4 Å². The first-order valence-corrected chi connectivity index (χ1v) is 12.6.